The molecule has 6 heteroatoms. The molecule has 5 nitrogen and oxygen atoms in total. The van der Waals surface area contributed by atoms with Gasteiger partial charge in [0.1, 0.15) is 0 Å². The third-order valence-corrected chi connectivity index (χ3v) is 5.97. The van der Waals surface area contributed by atoms with Crippen LogP contribution in [0.5, 0.6) is 0 Å². The zero-order valence-corrected chi connectivity index (χ0v) is 17.3. The van der Waals surface area contributed by atoms with Crippen LogP contribution in [0, 0.1) is 12.8 Å². The van der Waals surface area contributed by atoms with Crippen LogP contribution in [0.3, 0.4) is 0 Å². The van der Waals surface area contributed by atoms with Crippen molar-refractivity contribution >= 4 is 24.2 Å². The van der Waals surface area contributed by atoms with Gasteiger partial charge in [-0.2, -0.15) is 0 Å². The summed E-state index contributed by atoms with van der Waals surface area (Å²) < 4.78 is 0. The average molecular weight is 394 g/mol. The number of benzene rings is 1. The van der Waals surface area contributed by atoms with E-state index in [-0.39, 0.29) is 30.1 Å². The monoisotopic (exact) mass is 393 g/mol. The highest BCUT2D eigenvalue weighted by Crippen LogP contribution is 2.33. The number of hydrogen-bond acceptors (Lipinski definition) is 3. The molecule has 2 unspecified atom stereocenters. The molecule has 2 atom stereocenters. The van der Waals surface area contributed by atoms with Crippen molar-refractivity contribution < 1.29 is 9.59 Å². The van der Waals surface area contributed by atoms with E-state index in [2.05, 4.69) is 0 Å². The molecule has 1 heterocycles. The standard InChI is InChI=1S/C21H31N3O2.ClH/c1-16-6-8-17(9-7-16)15-19(25)23-11-13-24(14-12-23)20(26)18-5-3-4-10-21(18,2)22;/h6-9,18H,3-5,10-15,22H2,1-2H3;1H. The predicted octanol–water partition coefficient (Wildman–Crippen LogP) is 2.54. The van der Waals surface area contributed by atoms with Gasteiger partial charge in [0.25, 0.3) is 0 Å². The number of amides is 2. The summed E-state index contributed by atoms with van der Waals surface area (Å²) >= 11 is 0. The highest BCUT2D eigenvalue weighted by Gasteiger charge is 2.40. The van der Waals surface area contributed by atoms with Gasteiger partial charge in [-0.05, 0) is 32.3 Å². The molecule has 1 aliphatic carbocycles. The normalized spacial score (nSPS) is 25.7. The number of halogens is 1. The number of carbonyl (C=O) groups excluding carboxylic acids is 2. The fourth-order valence-corrected chi connectivity index (χ4v) is 4.15. The van der Waals surface area contributed by atoms with Gasteiger partial charge in [-0.1, -0.05) is 42.7 Å². The minimum absolute atomic E-state index is 0. The summed E-state index contributed by atoms with van der Waals surface area (Å²) in [6.45, 7) is 6.52. The molecule has 1 aliphatic heterocycles. The second-order valence-corrected chi connectivity index (χ2v) is 8.17. The third-order valence-electron chi connectivity index (χ3n) is 5.97. The predicted molar refractivity (Wildman–Crippen MR) is 110 cm³/mol. The first-order valence-corrected chi connectivity index (χ1v) is 9.78. The lowest BCUT2D eigenvalue weighted by molar-refractivity contribution is -0.144. The number of carbonyl (C=O) groups is 2. The van der Waals surface area contributed by atoms with Crippen molar-refractivity contribution in [3.05, 3.63) is 35.4 Å². The largest absolute Gasteiger partial charge is 0.339 e. The molecule has 2 aliphatic rings. The topological polar surface area (TPSA) is 66.6 Å². The molecular weight excluding hydrogens is 362 g/mol. The summed E-state index contributed by atoms with van der Waals surface area (Å²) in [4.78, 5) is 29.2. The van der Waals surface area contributed by atoms with Crippen molar-refractivity contribution in [1.82, 2.24) is 9.80 Å². The molecule has 3 rings (SSSR count). The van der Waals surface area contributed by atoms with E-state index in [0.717, 1.165) is 31.2 Å². The van der Waals surface area contributed by atoms with Gasteiger partial charge in [-0.3, -0.25) is 9.59 Å². The Kier molecular flexibility index (Phi) is 7.29. The first-order chi connectivity index (χ1) is 12.4. The minimum Gasteiger partial charge on any atom is -0.339 e. The molecule has 2 fully saturated rings. The van der Waals surface area contributed by atoms with Crippen LogP contribution >= 0.6 is 12.4 Å². The summed E-state index contributed by atoms with van der Waals surface area (Å²) in [5.74, 6) is 0.244. The third kappa shape index (κ3) is 5.23. The number of nitrogens with zero attached hydrogens (tertiary/aromatic N) is 2. The SMILES string of the molecule is Cc1ccc(CC(=O)N2CCN(C(=O)C3CCCCC3(C)N)CC2)cc1.Cl. The maximum atomic E-state index is 12.9. The molecule has 1 aromatic carbocycles. The van der Waals surface area contributed by atoms with E-state index in [9.17, 15) is 9.59 Å². The molecule has 0 bridgehead atoms. The van der Waals surface area contributed by atoms with Gasteiger partial charge in [0.15, 0.2) is 0 Å². The Labute approximate surface area is 168 Å². The molecule has 1 saturated heterocycles. The van der Waals surface area contributed by atoms with Crippen LogP contribution in [0.1, 0.15) is 43.7 Å². The van der Waals surface area contributed by atoms with Gasteiger partial charge in [0.2, 0.25) is 11.8 Å². The zero-order chi connectivity index (χ0) is 18.7. The molecule has 150 valence electrons. The highest BCUT2D eigenvalue weighted by molar-refractivity contribution is 5.85. The number of nitrogens with two attached hydrogens (primary N) is 1. The number of aryl methyl sites for hydroxylation is 1. The van der Waals surface area contributed by atoms with Gasteiger partial charge >= 0.3 is 0 Å². The molecule has 0 aromatic heterocycles. The molecular formula is C21H32ClN3O2. The van der Waals surface area contributed by atoms with Crippen molar-refractivity contribution in [2.24, 2.45) is 11.7 Å². The Balaban J connectivity index is 0.00000261. The van der Waals surface area contributed by atoms with Crippen LogP contribution in [-0.4, -0.2) is 53.3 Å². The first-order valence-electron chi connectivity index (χ1n) is 9.78. The van der Waals surface area contributed by atoms with E-state index in [1.807, 2.05) is 47.9 Å². The van der Waals surface area contributed by atoms with E-state index >= 15 is 0 Å². The summed E-state index contributed by atoms with van der Waals surface area (Å²) in [5, 5.41) is 0. The van der Waals surface area contributed by atoms with Crippen molar-refractivity contribution in [3.63, 3.8) is 0 Å². The zero-order valence-electron chi connectivity index (χ0n) is 16.4. The van der Waals surface area contributed by atoms with Gasteiger partial charge < -0.3 is 15.5 Å². The Morgan fingerprint density at radius 3 is 2.26 bits per heavy atom. The van der Waals surface area contributed by atoms with Crippen LogP contribution in [0.15, 0.2) is 24.3 Å². The quantitative estimate of drug-likeness (QED) is 0.858. The summed E-state index contributed by atoms with van der Waals surface area (Å²) in [6, 6.07) is 8.09. The van der Waals surface area contributed by atoms with E-state index in [1.165, 1.54) is 5.56 Å². The lowest BCUT2D eigenvalue weighted by Crippen LogP contribution is -2.57. The van der Waals surface area contributed by atoms with Crippen LogP contribution in [0.4, 0.5) is 0 Å². The smallest absolute Gasteiger partial charge is 0.227 e. The fraction of sp³-hybridized carbons (Fsp3) is 0.619. The minimum atomic E-state index is -0.395. The van der Waals surface area contributed by atoms with E-state index in [4.69, 9.17) is 5.73 Å². The summed E-state index contributed by atoms with van der Waals surface area (Å²) in [7, 11) is 0. The van der Waals surface area contributed by atoms with Crippen molar-refractivity contribution in [3.8, 4) is 0 Å². The maximum Gasteiger partial charge on any atom is 0.227 e. The molecule has 0 spiro atoms. The maximum absolute atomic E-state index is 12.9. The van der Waals surface area contributed by atoms with Crippen LogP contribution < -0.4 is 5.73 Å². The second-order valence-electron chi connectivity index (χ2n) is 8.17. The van der Waals surface area contributed by atoms with Gasteiger partial charge in [-0.15, -0.1) is 12.4 Å². The Hall–Kier alpha value is -1.59. The second kappa shape index (κ2) is 9.07. The van der Waals surface area contributed by atoms with Crippen molar-refractivity contribution in [2.75, 3.05) is 26.2 Å². The van der Waals surface area contributed by atoms with E-state index in [0.29, 0.717) is 32.6 Å². The lowest BCUT2D eigenvalue weighted by atomic mass is 9.74. The summed E-state index contributed by atoms with van der Waals surface area (Å²) in [6.07, 6.45) is 4.42. The van der Waals surface area contributed by atoms with Crippen molar-refractivity contribution in [2.45, 2.75) is 51.5 Å². The lowest BCUT2D eigenvalue weighted by Gasteiger charge is -2.42. The highest BCUT2D eigenvalue weighted by atomic mass is 35.5. The molecule has 2 amide bonds. The molecule has 1 saturated carbocycles. The van der Waals surface area contributed by atoms with Gasteiger partial charge in [-0.25, -0.2) is 0 Å². The Morgan fingerprint density at radius 1 is 1.07 bits per heavy atom. The first kappa shape index (κ1) is 21.7. The van der Waals surface area contributed by atoms with Crippen LogP contribution in [0.2, 0.25) is 0 Å². The molecule has 27 heavy (non-hydrogen) atoms. The van der Waals surface area contributed by atoms with Gasteiger partial charge in [0.05, 0.1) is 12.3 Å². The van der Waals surface area contributed by atoms with E-state index < -0.39 is 5.54 Å². The van der Waals surface area contributed by atoms with Crippen LogP contribution in [0.25, 0.3) is 0 Å². The van der Waals surface area contributed by atoms with Crippen LogP contribution in [-0.2, 0) is 16.0 Å². The fourth-order valence-electron chi connectivity index (χ4n) is 4.15. The average Bonchev–Trinajstić information content (AvgIpc) is 2.63. The van der Waals surface area contributed by atoms with Crippen molar-refractivity contribution in [1.29, 1.82) is 0 Å². The molecule has 1 aromatic rings. The Bertz CT molecular complexity index is 652. The van der Waals surface area contributed by atoms with E-state index in [1.54, 1.807) is 0 Å². The number of rotatable bonds is 3. The molecule has 0 radical (unpaired) electrons. The number of hydrogen-bond donors (Lipinski definition) is 1. The molecule has 2 N–H and O–H groups in total. The van der Waals surface area contributed by atoms with Gasteiger partial charge in [0, 0.05) is 31.7 Å². The summed E-state index contributed by atoms with van der Waals surface area (Å²) in [5.41, 5.74) is 8.23. The Morgan fingerprint density at radius 2 is 1.67 bits per heavy atom. The number of piperazine rings is 1.